The number of rotatable bonds is 3. The molecule has 1 nitrogen and oxygen atoms in total. The van der Waals surface area contributed by atoms with Crippen LogP contribution in [0.1, 0.15) is 18.1 Å². The van der Waals surface area contributed by atoms with Crippen molar-refractivity contribution in [2.24, 2.45) is 0 Å². The Morgan fingerprint density at radius 3 is 2.56 bits per heavy atom. The average Bonchev–Trinajstić information content (AvgIpc) is 2.38. The van der Waals surface area contributed by atoms with Crippen molar-refractivity contribution < 1.29 is 4.74 Å². The quantitative estimate of drug-likeness (QED) is 0.764. The summed E-state index contributed by atoms with van der Waals surface area (Å²) in [6.07, 6.45) is 0. The predicted octanol–water partition coefficient (Wildman–Crippen LogP) is 4.40. The van der Waals surface area contributed by atoms with Gasteiger partial charge in [-0.25, -0.2) is 0 Å². The van der Waals surface area contributed by atoms with Gasteiger partial charge in [-0.1, -0.05) is 34.0 Å². The molecular formula is C16H13BrO. The summed E-state index contributed by atoms with van der Waals surface area (Å²) < 4.78 is 6.78. The third kappa shape index (κ3) is 3.65. The van der Waals surface area contributed by atoms with Crippen LogP contribution in [0, 0.1) is 11.8 Å². The summed E-state index contributed by atoms with van der Waals surface area (Å²) in [7, 11) is 0. The van der Waals surface area contributed by atoms with Crippen molar-refractivity contribution >= 4 is 15.9 Å². The molecule has 0 saturated heterocycles. The molecule has 0 heterocycles. The van der Waals surface area contributed by atoms with E-state index in [0.717, 1.165) is 21.3 Å². The highest BCUT2D eigenvalue weighted by Gasteiger charge is 1.97. The lowest BCUT2D eigenvalue weighted by atomic mass is 10.2. The Kier molecular flexibility index (Phi) is 4.44. The van der Waals surface area contributed by atoms with Gasteiger partial charge in [0.05, 0.1) is 0 Å². The van der Waals surface area contributed by atoms with E-state index in [1.807, 2.05) is 49.4 Å². The summed E-state index contributed by atoms with van der Waals surface area (Å²) in [4.78, 5) is 0. The Morgan fingerprint density at radius 1 is 1.11 bits per heavy atom. The van der Waals surface area contributed by atoms with E-state index in [2.05, 4.69) is 33.8 Å². The molecule has 0 aliphatic carbocycles. The van der Waals surface area contributed by atoms with E-state index in [9.17, 15) is 0 Å². The smallest absolute Gasteiger partial charge is 0.119 e. The molecule has 0 spiro atoms. The molecule has 2 aromatic rings. The van der Waals surface area contributed by atoms with Crippen LogP contribution in [0.3, 0.4) is 0 Å². The molecule has 0 atom stereocenters. The molecular weight excluding hydrogens is 288 g/mol. The minimum atomic E-state index is 0.568. The maximum Gasteiger partial charge on any atom is 0.119 e. The highest BCUT2D eigenvalue weighted by molar-refractivity contribution is 9.10. The summed E-state index contributed by atoms with van der Waals surface area (Å²) in [6.45, 7) is 2.40. The molecule has 0 amide bonds. The fourth-order valence-corrected chi connectivity index (χ4v) is 2.02. The summed E-state index contributed by atoms with van der Waals surface area (Å²) in [5, 5.41) is 0. The van der Waals surface area contributed by atoms with Crippen molar-refractivity contribution in [1.82, 2.24) is 0 Å². The Balaban J connectivity index is 1.99. The monoisotopic (exact) mass is 300 g/mol. The molecule has 0 aromatic heterocycles. The highest BCUT2D eigenvalue weighted by atomic mass is 79.9. The highest BCUT2D eigenvalue weighted by Crippen LogP contribution is 2.16. The molecule has 2 heteroatoms. The van der Waals surface area contributed by atoms with E-state index in [1.165, 1.54) is 0 Å². The fraction of sp³-hybridized carbons (Fsp3) is 0.125. The standard InChI is InChI=1S/C16H13BrO/c1-2-4-13-7-9-16(10-8-13)18-12-14-5-3-6-15(17)11-14/h3,5-11H,12H2,1H3. The molecule has 18 heavy (non-hydrogen) atoms. The molecule has 90 valence electrons. The predicted molar refractivity (Wildman–Crippen MR) is 77.5 cm³/mol. The van der Waals surface area contributed by atoms with Gasteiger partial charge in [0.15, 0.2) is 0 Å². The first-order valence-electron chi connectivity index (χ1n) is 5.68. The van der Waals surface area contributed by atoms with E-state index >= 15 is 0 Å². The fourth-order valence-electron chi connectivity index (χ4n) is 1.57. The van der Waals surface area contributed by atoms with E-state index < -0.39 is 0 Å². The van der Waals surface area contributed by atoms with Crippen molar-refractivity contribution in [3.8, 4) is 17.6 Å². The SMILES string of the molecule is CC#Cc1ccc(OCc2cccc(Br)c2)cc1. The van der Waals surface area contributed by atoms with Gasteiger partial charge < -0.3 is 4.74 Å². The second-order valence-electron chi connectivity index (χ2n) is 3.82. The second kappa shape index (κ2) is 6.28. The van der Waals surface area contributed by atoms with Crippen LogP contribution in [0.15, 0.2) is 53.0 Å². The van der Waals surface area contributed by atoms with E-state index in [-0.39, 0.29) is 0 Å². The molecule has 0 N–H and O–H groups in total. The van der Waals surface area contributed by atoms with Crippen LogP contribution in [0.4, 0.5) is 0 Å². The lowest BCUT2D eigenvalue weighted by Crippen LogP contribution is -1.95. The van der Waals surface area contributed by atoms with E-state index in [1.54, 1.807) is 0 Å². The van der Waals surface area contributed by atoms with Crippen LogP contribution in [0.25, 0.3) is 0 Å². The average molecular weight is 301 g/mol. The largest absolute Gasteiger partial charge is 0.489 e. The topological polar surface area (TPSA) is 9.23 Å². The van der Waals surface area contributed by atoms with Gasteiger partial charge in [-0.2, -0.15) is 0 Å². The van der Waals surface area contributed by atoms with Gasteiger partial charge in [-0.3, -0.25) is 0 Å². The van der Waals surface area contributed by atoms with Crippen LogP contribution >= 0.6 is 15.9 Å². The van der Waals surface area contributed by atoms with Gasteiger partial charge >= 0.3 is 0 Å². The lowest BCUT2D eigenvalue weighted by molar-refractivity contribution is 0.306. The Morgan fingerprint density at radius 2 is 1.89 bits per heavy atom. The third-order valence-electron chi connectivity index (χ3n) is 2.42. The van der Waals surface area contributed by atoms with Crippen molar-refractivity contribution in [2.75, 3.05) is 0 Å². The van der Waals surface area contributed by atoms with Crippen LogP contribution < -0.4 is 4.74 Å². The Hall–Kier alpha value is -1.72. The van der Waals surface area contributed by atoms with Crippen LogP contribution in [0.2, 0.25) is 0 Å². The van der Waals surface area contributed by atoms with Gasteiger partial charge in [0.25, 0.3) is 0 Å². The van der Waals surface area contributed by atoms with Gasteiger partial charge in [0.1, 0.15) is 12.4 Å². The summed E-state index contributed by atoms with van der Waals surface area (Å²) >= 11 is 3.44. The number of ether oxygens (including phenoxy) is 1. The number of halogens is 1. The molecule has 0 aliphatic rings. The van der Waals surface area contributed by atoms with Crippen LogP contribution in [0.5, 0.6) is 5.75 Å². The molecule has 0 aliphatic heterocycles. The number of hydrogen-bond acceptors (Lipinski definition) is 1. The van der Waals surface area contributed by atoms with Gasteiger partial charge in [-0.15, -0.1) is 5.92 Å². The van der Waals surface area contributed by atoms with Crippen molar-refractivity contribution in [1.29, 1.82) is 0 Å². The van der Waals surface area contributed by atoms with Crippen LogP contribution in [-0.2, 0) is 6.61 Å². The molecule has 0 radical (unpaired) electrons. The Labute approximate surface area is 116 Å². The normalized spacial score (nSPS) is 9.44. The van der Waals surface area contributed by atoms with Gasteiger partial charge in [0, 0.05) is 10.0 Å². The molecule has 0 unspecified atom stereocenters. The first-order valence-corrected chi connectivity index (χ1v) is 6.47. The minimum absolute atomic E-state index is 0.568. The zero-order valence-electron chi connectivity index (χ0n) is 10.1. The van der Waals surface area contributed by atoms with Gasteiger partial charge in [-0.05, 0) is 48.9 Å². The summed E-state index contributed by atoms with van der Waals surface area (Å²) in [5.41, 5.74) is 2.15. The summed E-state index contributed by atoms with van der Waals surface area (Å²) in [5.74, 6) is 6.73. The lowest BCUT2D eigenvalue weighted by Gasteiger charge is -2.06. The molecule has 0 saturated carbocycles. The van der Waals surface area contributed by atoms with Crippen molar-refractivity contribution in [3.63, 3.8) is 0 Å². The van der Waals surface area contributed by atoms with E-state index in [4.69, 9.17) is 4.74 Å². The third-order valence-corrected chi connectivity index (χ3v) is 2.91. The first kappa shape index (κ1) is 12.7. The van der Waals surface area contributed by atoms with E-state index in [0.29, 0.717) is 6.61 Å². The summed E-state index contributed by atoms with van der Waals surface area (Å²) in [6, 6.07) is 15.9. The van der Waals surface area contributed by atoms with Crippen molar-refractivity contribution in [3.05, 3.63) is 64.1 Å². The molecule has 2 aromatic carbocycles. The van der Waals surface area contributed by atoms with Gasteiger partial charge in [0.2, 0.25) is 0 Å². The zero-order chi connectivity index (χ0) is 12.8. The maximum atomic E-state index is 5.71. The molecule has 0 bridgehead atoms. The number of hydrogen-bond donors (Lipinski definition) is 0. The first-order chi connectivity index (χ1) is 8.78. The Bertz CT molecular complexity index is 576. The number of benzene rings is 2. The maximum absolute atomic E-state index is 5.71. The molecule has 0 fully saturated rings. The second-order valence-corrected chi connectivity index (χ2v) is 4.73. The zero-order valence-corrected chi connectivity index (χ0v) is 11.7. The van der Waals surface area contributed by atoms with Crippen LogP contribution in [-0.4, -0.2) is 0 Å². The van der Waals surface area contributed by atoms with Crippen molar-refractivity contribution in [2.45, 2.75) is 13.5 Å². The molecule has 2 rings (SSSR count). The minimum Gasteiger partial charge on any atom is -0.489 e.